The van der Waals surface area contributed by atoms with Crippen molar-refractivity contribution in [3.05, 3.63) is 29.8 Å². The van der Waals surface area contributed by atoms with Crippen LogP contribution in [0, 0.1) is 6.92 Å². The summed E-state index contributed by atoms with van der Waals surface area (Å²) in [5.74, 6) is 0.320. The molecule has 0 aliphatic heterocycles. The molecule has 8 heteroatoms. The number of tetrazole rings is 1. The number of aromatic nitrogens is 4. The fraction of sp³-hybridized carbons (Fsp3) is 0.385. The number of carbonyl (C=O) groups is 1. The van der Waals surface area contributed by atoms with Gasteiger partial charge in [0.05, 0.1) is 0 Å². The van der Waals surface area contributed by atoms with Crippen LogP contribution in [0.1, 0.15) is 12.5 Å². The van der Waals surface area contributed by atoms with Crippen molar-refractivity contribution in [2.24, 2.45) is 5.73 Å². The third-order valence-electron chi connectivity index (χ3n) is 2.81. The molecule has 0 aliphatic rings. The number of amides is 1. The normalized spacial score (nSPS) is 11.6. The molecule has 1 aromatic carbocycles. The van der Waals surface area contributed by atoms with Crippen LogP contribution in [-0.2, 0) is 11.3 Å². The molecule has 0 fully saturated rings. The standard InChI is InChI=1S/C13H18N6O.ClH/c1-9-3-5-11(6-4-9)13-16-18-19(17-13)8-12(20)15-10(2)7-14;/h3-6,10H,7-8,14H2,1-2H3,(H,15,20);1H/t10-;/m0./s1. The Morgan fingerprint density at radius 3 is 2.67 bits per heavy atom. The molecule has 2 aromatic rings. The van der Waals surface area contributed by atoms with Crippen LogP contribution in [0.2, 0.25) is 0 Å². The Bertz CT molecular complexity index is 583. The maximum absolute atomic E-state index is 11.7. The fourth-order valence-electron chi connectivity index (χ4n) is 1.64. The molecule has 1 amide bonds. The van der Waals surface area contributed by atoms with E-state index in [2.05, 4.69) is 20.7 Å². The summed E-state index contributed by atoms with van der Waals surface area (Å²) in [6, 6.07) is 7.74. The van der Waals surface area contributed by atoms with E-state index in [0.29, 0.717) is 12.4 Å². The van der Waals surface area contributed by atoms with Crippen LogP contribution < -0.4 is 11.1 Å². The number of hydrogen-bond donors (Lipinski definition) is 2. The number of aryl methyl sites for hydroxylation is 1. The summed E-state index contributed by atoms with van der Waals surface area (Å²) < 4.78 is 0. The van der Waals surface area contributed by atoms with Crippen molar-refractivity contribution in [2.75, 3.05) is 6.54 Å². The molecule has 0 saturated heterocycles. The first-order valence-electron chi connectivity index (χ1n) is 6.43. The van der Waals surface area contributed by atoms with Gasteiger partial charge in [0.25, 0.3) is 0 Å². The van der Waals surface area contributed by atoms with Crippen molar-refractivity contribution in [3.8, 4) is 11.4 Å². The zero-order valence-electron chi connectivity index (χ0n) is 12.0. The van der Waals surface area contributed by atoms with Gasteiger partial charge in [-0.2, -0.15) is 4.80 Å². The summed E-state index contributed by atoms with van der Waals surface area (Å²) >= 11 is 0. The zero-order chi connectivity index (χ0) is 14.5. The number of nitrogens with two attached hydrogens (primary N) is 1. The first kappa shape index (κ1) is 17.1. The van der Waals surface area contributed by atoms with E-state index in [0.717, 1.165) is 11.1 Å². The molecule has 1 atom stereocenters. The number of carbonyl (C=O) groups excluding carboxylic acids is 1. The highest BCUT2D eigenvalue weighted by molar-refractivity contribution is 5.85. The average molecular weight is 311 g/mol. The Labute approximate surface area is 129 Å². The fourth-order valence-corrected chi connectivity index (χ4v) is 1.64. The Morgan fingerprint density at radius 1 is 1.38 bits per heavy atom. The molecular weight excluding hydrogens is 292 g/mol. The lowest BCUT2D eigenvalue weighted by Gasteiger charge is -2.10. The van der Waals surface area contributed by atoms with E-state index in [1.54, 1.807) is 0 Å². The van der Waals surface area contributed by atoms with E-state index >= 15 is 0 Å². The van der Waals surface area contributed by atoms with Gasteiger partial charge in [0, 0.05) is 18.2 Å². The van der Waals surface area contributed by atoms with E-state index in [9.17, 15) is 4.79 Å². The van der Waals surface area contributed by atoms with Crippen LogP contribution >= 0.6 is 12.4 Å². The average Bonchev–Trinajstić information content (AvgIpc) is 2.87. The lowest BCUT2D eigenvalue weighted by Crippen LogP contribution is -2.39. The van der Waals surface area contributed by atoms with E-state index < -0.39 is 0 Å². The molecule has 114 valence electrons. The van der Waals surface area contributed by atoms with Crippen LogP contribution in [-0.4, -0.2) is 38.7 Å². The summed E-state index contributed by atoms with van der Waals surface area (Å²) in [6.07, 6.45) is 0. The van der Waals surface area contributed by atoms with Crippen molar-refractivity contribution in [2.45, 2.75) is 26.4 Å². The Kier molecular flexibility index (Phi) is 6.26. The second-order valence-corrected chi connectivity index (χ2v) is 4.71. The van der Waals surface area contributed by atoms with Gasteiger partial charge in [-0.15, -0.1) is 22.6 Å². The van der Waals surface area contributed by atoms with Gasteiger partial charge in [-0.25, -0.2) is 0 Å². The lowest BCUT2D eigenvalue weighted by molar-refractivity contribution is -0.122. The summed E-state index contributed by atoms with van der Waals surface area (Å²) in [5, 5.41) is 14.7. The summed E-state index contributed by atoms with van der Waals surface area (Å²) in [4.78, 5) is 12.9. The first-order chi connectivity index (χ1) is 9.58. The van der Waals surface area contributed by atoms with Gasteiger partial charge >= 0.3 is 0 Å². The van der Waals surface area contributed by atoms with Crippen molar-refractivity contribution >= 4 is 18.3 Å². The molecule has 0 aliphatic carbocycles. The molecule has 21 heavy (non-hydrogen) atoms. The van der Waals surface area contributed by atoms with E-state index in [4.69, 9.17) is 5.73 Å². The van der Waals surface area contributed by atoms with Gasteiger partial charge in [0.1, 0.15) is 6.54 Å². The minimum Gasteiger partial charge on any atom is -0.351 e. The van der Waals surface area contributed by atoms with E-state index in [1.807, 2.05) is 38.1 Å². The molecule has 2 rings (SSSR count). The van der Waals surface area contributed by atoms with Gasteiger partial charge in [-0.1, -0.05) is 29.8 Å². The summed E-state index contributed by atoms with van der Waals surface area (Å²) in [5.41, 5.74) is 7.48. The number of rotatable bonds is 5. The third-order valence-corrected chi connectivity index (χ3v) is 2.81. The van der Waals surface area contributed by atoms with Gasteiger partial charge in [0.15, 0.2) is 0 Å². The van der Waals surface area contributed by atoms with Crippen molar-refractivity contribution in [1.82, 2.24) is 25.5 Å². The molecule has 1 heterocycles. The van der Waals surface area contributed by atoms with Gasteiger partial charge in [-0.05, 0) is 19.1 Å². The molecule has 0 unspecified atom stereocenters. The predicted molar refractivity (Wildman–Crippen MR) is 81.9 cm³/mol. The van der Waals surface area contributed by atoms with Gasteiger partial charge < -0.3 is 11.1 Å². The van der Waals surface area contributed by atoms with Gasteiger partial charge in [0.2, 0.25) is 11.7 Å². The zero-order valence-corrected chi connectivity index (χ0v) is 12.8. The lowest BCUT2D eigenvalue weighted by atomic mass is 10.1. The minimum atomic E-state index is -0.184. The van der Waals surface area contributed by atoms with Crippen LogP contribution in [0.5, 0.6) is 0 Å². The Balaban J connectivity index is 0.00000220. The predicted octanol–water partition coefficient (Wildman–Crippen LogP) is 0.534. The SMILES string of the molecule is Cc1ccc(-c2nnn(CC(=O)N[C@@H](C)CN)n2)cc1.Cl. The molecule has 1 aromatic heterocycles. The molecule has 0 spiro atoms. The minimum absolute atomic E-state index is 0. The Morgan fingerprint density at radius 2 is 2.05 bits per heavy atom. The molecule has 0 saturated carbocycles. The van der Waals surface area contributed by atoms with Crippen LogP contribution in [0.3, 0.4) is 0 Å². The highest BCUT2D eigenvalue weighted by atomic mass is 35.5. The molecule has 3 N–H and O–H groups in total. The monoisotopic (exact) mass is 310 g/mol. The van der Waals surface area contributed by atoms with Crippen LogP contribution in [0.4, 0.5) is 0 Å². The van der Waals surface area contributed by atoms with E-state index in [-0.39, 0.29) is 30.9 Å². The van der Waals surface area contributed by atoms with Crippen molar-refractivity contribution < 1.29 is 4.79 Å². The quantitative estimate of drug-likeness (QED) is 0.839. The highest BCUT2D eigenvalue weighted by Gasteiger charge is 2.10. The highest BCUT2D eigenvalue weighted by Crippen LogP contribution is 2.13. The number of hydrogen-bond acceptors (Lipinski definition) is 5. The first-order valence-corrected chi connectivity index (χ1v) is 6.43. The molecular formula is C13H19ClN6O. The van der Waals surface area contributed by atoms with Crippen LogP contribution in [0.25, 0.3) is 11.4 Å². The number of benzene rings is 1. The Hall–Kier alpha value is -1.99. The van der Waals surface area contributed by atoms with E-state index in [1.165, 1.54) is 4.80 Å². The topological polar surface area (TPSA) is 98.7 Å². The van der Waals surface area contributed by atoms with Gasteiger partial charge in [-0.3, -0.25) is 4.79 Å². The molecule has 0 radical (unpaired) electrons. The van der Waals surface area contributed by atoms with Crippen LogP contribution in [0.15, 0.2) is 24.3 Å². The maximum Gasteiger partial charge on any atom is 0.243 e. The maximum atomic E-state index is 11.7. The molecule has 0 bridgehead atoms. The summed E-state index contributed by atoms with van der Waals surface area (Å²) in [6.45, 7) is 4.27. The molecule has 7 nitrogen and oxygen atoms in total. The smallest absolute Gasteiger partial charge is 0.243 e. The second-order valence-electron chi connectivity index (χ2n) is 4.71. The largest absolute Gasteiger partial charge is 0.351 e. The second kappa shape index (κ2) is 7.70. The number of halogens is 1. The van der Waals surface area contributed by atoms with Crippen molar-refractivity contribution in [3.63, 3.8) is 0 Å². The number of nitrogens with zero attached hydrogens (tertiary/aromatic N) is 4. The number of nitrogens with one attached hydrogen (secondary N) is 1. The van der Waals surface area contributed by atoms with Crippen molar-refractivity contribution in [1.29, 1.82) is 0 Å². The third kappa shape index (κ3) is 4.80. The summed E-state index contributed by atoms with van der Waals surface area (Å²) in [7, 11) is 0.